The van der Waals surface area contributed by atoms with E-state index in [4.69, 9.17) is 14.5 Å². The molecule has 5 rings (SSSR count). The Kier molecular flexibility index (Phi) is 6.47. The first-order valence-electron chi connectivity index (χ1n) is 13.0. The van der Waals surface area contributed by atoms with Crippen LogP contribution in [0.1, 0.15) is 66.2 Å². The van der Waals surface area contributed by atoms with E-state index >= 15 is 0 Å². The Bertz CT molecular complexity index is 1070. The molecule has 3 heterocycles. The standard InChI is InChI=1S/C27H37N5O3/c1-5-34-22-16-20(31-14-12-18(2)13-15-31)10-11-21(22)29-26-28-17-23-24(30-26)32(19-8-6-7-9-19)25(33)27(3,4)35-23/h10-11,16-19H,5-9,12-15H2,1-4H3,(H,28,29,30). The number of hydrogen-bond acceptors (Lipinski definition) is 7. The number of piperidine rings is 1. The number of fused-ring (bicyclic) bond motifs is 1. The van der Waals surface area contributed by atoms with Gasteiger partial charge in [0.2, 0.25) is 5.95 Å². The Morgan fingerprint density at radius 2 is 1.91 bits per heavy atom. The minimum Gasteiger partial charge on any atom is -0.492 e. The average molecular weight is 480 g/mol. The molecule has 8 heteroatoms. The largest absolute Gasteiger partial charge is 0.492 e. The summed E-state index contributed by atoms with van der Waals surface area (Å²) in [6.07, 6.45) is 8.31. The van der Waals surface area contributed by atoms with Gasteiger partial charge in [-0.1, -0.05) is 19.8 Å². The molecule has 1 aromatic heterocycles. The Balaban J connectivity index is 1.43. The van der Waals surface area contributed by atoms with Crippen molar-refractivity contribution in [3.05, 3.63) is 24.4 Å². The first-order valence-corrected chi connectivity index (χ1v) is 13.0. The summed E-state index contributed by atoms with van der Waals surface area (Å²) in [6, 6.07) is 6.40. The van der Waals surface area contributed by atoms with Crippen LogP contribution in [0.15, 0.2) is 24.4 Å². The lowest BCUT2D eigenvalue weighted by atomic mass is 9.99. The predicted molar refractivity (Wildman–Crippen MR) is 138 cm³/mol. The predicted octanol–water partition coefficient (Wildman–Crippen LogP) is 5.30. The number of hydrogen-bond donors (Lipinski definition) is 1. The van der Waals surface area contributed by atoms with E-state index < -0.39 is 5.60 Å². The SMILES string of the molecule is CCOc1cc(N2CCC(C)CC2)ccc1Nc1ncc2c(n1)N(C1CCCC1)C(=O)C(C)(C)O2. The summed E-state index contributed by atoms with van der Waals surface area (Å²) in [5.74, 6) is 3.03. The van der Waals surface area contributed by atoms with Gasteiger partial charge in [0.25, 0.3) is 5.91 Å². The molecule has 0 spiro atoms. The second-order valence-corrected chi connectivity index (χ2v) is 10.5. The Labute approximate surface area is 208 Å². The van der Waals surface area contributed by atoms with Crippen LogP contribution in [0.4, 0.5) is 23.1 Å². The van der Waals surface area contributed by atoms with Gasteiger partial charge in [-0.05, 0) is 64.5 Å². The van der Waals surface area contributed by atoms with Crippen molar-refractivity contribution < 1.29 is 14.3 Å². The van der Waals surface area contributed by atoms with Gasteiger partial charge >= 0.3 is 0 Å². The van der Waals surface area contributed by atoms with Crippen molar-refractivity contribution in [3.8, 4) is 11.5 Å². The first-order chi connectivity index (χ1) is 16.9. The summed E-state index contributed by atoms with van der Waals surface area (Å²) >= 11 is 0. The molecule has 35 heavy (non-hydrogen) atoms. The topological polar surface area (TPSA) is 79.8 Å². The Morgan fingerprint density at radius 3 is 2.63 bits per heavy atom. The van der Waals surface area contributed by atoms with E-state index in [1.54, 1.807) is 6.20 Å². The lowest BCUT2D eigenvalue weighted by Crippen LogP contribution is -2.55. The molecular weight excluding hydrogens is 442 g/mol. The summed E-state index contributed by atoms with van der Waals surface area (Å²) in [4.78, 5) is 26.9. The molecular formula is C27H37N5O3. The molecule has 1 amide bonds. The first kappa shape index (κ1) is 23.7. The monoisotopic (exact) mass is 479 g/mol. The highest BCUT2D eigenvalue weighted by atomic mass is 16.5. The molecule has 1 aliphatic carbocycles. The van der Waals surface area contributed by atoms with Crippen molar-refractivity contribution in [2.45, 2.75) is 77.9 Å². The second kappa shape index (κ2) is 9.55. The number of carbonyl (C=O) groups excluding carboxylic acids is 1. The van der Waals surface area contributed by atoms with Crippen LogP contribution in [0.5, 0.6) is 11.5 Å². The van der Waals surface area contributed by atoms with E-state index in [0.29, 0.717) is 24.1 Å². The minimum absolute atomic E-state index is 0.0447. The van der Waals surface area contributed by atoms with E-state index in [1.165, 1.54) is 18.5 Å². The number of nitrogens with one attached hydrogen (secondary N) is 1. The van der Waals surface area contributed by atoms with Crippen LogP contribution in [-0.2, 0) is 4.79 Å². The summed E-state index contributed by atoms with van der Waals surface area (Å²) in [5, 5.41) is 3.33. The Hall–Kier alpha value is -3.03. The van der Waals surface area contributed by atoms with Gasteiger partial charge in [0.05, 0.1) is 18.5 Å². The normalized spacial score (nSPS) is 20.5. The van der Waals surface area contributed by atoms with Crippen molar-refractivity contribution in [2.24, 2.45) is 5.92 Å². The van der Waals surface area contributed by atoms with Gasteiger partial charge in [-0.3, -0.25) is 9.69 Å². The fraction of sp³-hybridized carbons (Fsp3) is 0.593. The molecule has 1 N–H and O–H groups in total. The third-order valence-corrected chi connectivity index (χ3v) is 7.41. The van der Waals surface area contributed by atoms with E-state index in [2.05, 4.69) is 34.3 Å². The van der Waals surface area contributed by atoms with Gasteiger partial charge in [0, 0.05) is 30.9 Å². The molecule has 2 aliphatic heterocycles. The highest BCUT2D eigenvalue weighted by Gasteiger charge is 2.45. The number of amides is 1. The fourth-order valence-corrected chi connectivity index (χ4v) is 5.35. The van der Waals surface area contributed by atoms with Gasteiger partial charge < -0.3 is 19.7 Å². The van der Waals surface area contributed by atoms with Gasteiger partial charge in [-0.25, -0.2) is 4.98 Å². The maximum absolute atomic E-state index is 13.3. The quantitative estimate of drug-likeness (QED) is 0.602. The van der Waals surface area contributed by atoms with E-state index in [0.717, 1.165) is 56.1 Å². The third-order valence-electron chi connectivity index (χ3n) is 7.41. The number of rotatable bonds is 6. The van der Waals surface area contributed by atoms with Gasteiger partial charge in [-0.15, -0.1) is 0 Å². The maximum atomic E-state index is 13.3. The summed E-state index contributed by atoms with van der Waals surface area (Å²) in [6.45, 7) is 10.6. The van der Waals surface area contributed by atoms with Crippen LogP contribution in [-0.4, -0.2) is 47.2 Å². The summed E-state index contributed by atoms with van der Waals surface area (Å²) in [7, 11) is 0. The molecule has 1 aromatic carbocycles. The molecule has 2 aromatic rings. The average Bonchev–Trinajstić information content (AvgIpc) is 3.36. The highest BCUT2D eigenvalue weighted by Crippen LogP contribution is 2.41. The lowest BCUT2D eigenvalue weighted by Gasteiger charge is -2.40. The smallest absolute Gasteiger partial charge is 0.272 e. The molecule has 2 fully saturated rings. The number of benzene rings is 1. The van der Waals surface area contributed by atoms with Crippen molar-refractivity contribution in [3.63, 3.8) is 0 Å². The molecule has 0 unspecified atom stereocenters. The fourth-order valence-electron chi connectivity index (χ4n) is 5.35. The zero-order chi connectivity index (χ0) is 24.6. The van der Waals surface area contributed by atoms with Gasteiger partial charge in [0.15, 0.2) is 17.2 Å². The lowest BCUT2D eigenvalue weighted by molar-refractivity contribution is -0.133. The van der Waals surface area contributed by atoms with Crippen LogP contribution in [0.3, 0.4) is 0 Å². The highest BCUT2D eigenvalue weighted by molar-refractivity contribution is 6.02. The van der Waals surface area contributed by atoms with Crippen LogP contribution in [0, 0.1) is 5.92 Å². The van der Waals surface area contributed by atoms with E-state index in [9.17, 15) is 4.79 Å². The molecule has 3 aliphatic rings. The van der Waals surface area contributed by atoms with Crippen molar-refractivity contribution in [2.75, 3.05) is 34.8 Å². The number of nitrogens with zero attached hydrogens (tertiary/aromatic N) is 4. The minimum atomic E-state index is -0.932. The summed E-state index contributed by atoms with van der Waals surface area (Å²) in [5.41, 5.74) is 1.04. The molecule has 188 valence electrons. The third kappa shape index (κ3) is 4.75. The molecule has 8 nitrogen and oxygen atoms in total. The molecule has 0 radical (unpaired) electrons. The van der Waals surface area contributed by atoms with Gasteiger partial charge in [-0.2, -0.15) is 4.98 Å². The second-order valence-electron chi connectivity index (χ2n) is 10.5. The zero-order valence-corrected chi connectivity index (χ0v) is 21.3. The number of ether oxygens (including phenoxy) is 2. The molecule has 1 saturated heterocycles. The van der Waals surface area contributed by atoms with E-state index in [-0.39, 0.29) is 11.9 Å². The molecule has 0 atom stereocenters. The molecule has 1 saturated carbocycles. The Morgan fingerprint density at radius 1 is 1.17 bits per heavy atom. The van der Waals surface area contributed by atoms with Crippen LogP contribution >= 0.6 is 0 Å². The van der Waals surface area contributed by atoms with Crippen LogP contribution < -0.4 is 24.6 Å². The van der Waals surface area contributed by atoms with Crippen LogP contribution in [0.2, 0.25) is 0 Å². The van der Waals surface area contributed by atoms with Crippen molar-refractivity contribution in [1.29, 1.82) is 0 Å². The number of aromatic nitrogens is 2. The van der Waals surface area contributed by atoms with Gasteiger partial charge in [0.1, 0.15) is 5.75 Å². The zero-order valence-electron chi connectivity index (χ0n) is 21.3. The van der Waals surface area contributed by atoms with E-state index in [1.807, 2.05) is 31.7 Å². The van der Waals surface area contributed by atoms with Crippen molar-refractivity contribution >= 4 is 29.0 Å². The number of anilines is 4. The van der Waals surface area contributed by atoms with Crippen molar-refractivity contribution in [1.82, 2.24) is 9.97 Å². The maximum Gasteiger partial charge on any atom is 0.272 e. The molecule has 0 bridgehead atoms. The summed E-state index contributed by atoms with van der Waals surface area (Å²) < 4.78 is 12.0. The number of carbonyl (C=O) groups is 1. The van der Waals surface area contributed by atoms with Crippen LogP contribution in [0.25, 0.3) is 0 Å².